The molecule has 3 aromatic rings. The fraction of sp³-hybridized carbons (Fsp3) is 0.182. The molecular formula is C22H23FN4O. The number of pyridine rings is 1. The van der Waals surface area contributed by atoms with E-state index in [1.165, 1.54) is 12.3 Å². The Morgan fingerprint density at radius 2 is 1.79 bits per heavy atom. The fourth-order valence-electron chi connectivity index (χ4n) is 2.75. The Morgan fingerprint density at radius 3 is 2.50 bits per heavy atom. The molecule has 0 saturated carbocycles. The molecule has 6 heteroatoms. The van der Waals surface area contributed by atoms with Crippen molar-refractivity contribution < 1.29 is 9.18 Å². The summed E-state index contributed by atoms with van der Waals surface area (Å²) in [6.45, 7) is 0.541. The molecular weight excluding hydrogens is 355 g/mol. The maximum atomic E-state index is 13.7. The second-order valence-electron chi connectivity index (χ2n) is 6.63. The summed E-state index contributed by atoms with van der Waals surface area (Å²) in [6.07, 6.45) is 3.71. The van der Waals surface area contributed by atoms with Crippen LogP contribution in [0.2, 0.25) is 0 Å². The molecule has 28 heavy (non-hydrogen) atoms. The van der Waals surface area contributed by atoms with E-state index in [1.54, 1.807) is 24.4 Å². The number of nitrogens with zero attached hydrogens (tertiary/aromatic N) is 2. The predicted octanol–water partition coefficient (Wildman–Crippen LogP) is 4.19. The van der Waals surface area contributed by atoms with Gasteiger partial charge >= 0.3 is 0 Å². The smallest absolute Gasteiger partial charge is 0.257 e. The molecule has 0 unspecified atom stereocenters. The zero-order chi connectivity index (χ0) is 19.9. The number of aromatic nitrogens is 1. The van der Waals surface area contributed by atoms with Gasteiger partial charge in [0.15, 0.2) is 0 Å². The van der Waals surface area contributed by atoms with Gasteiger partial charge in [0.25, 0.3) is 5.91 Å². The molecule has 0 spiro atoms. The van der Waals surface area contributed by atoms with Crippen molar-refractivity contribution in [3.8, 4) is 0 Å². The number of carbonyl (C=O) groups is 1. The highest BCUT2D eigenvalue weighted by Crippen LogP contribution is 2.17. The Labute approximate surface area is 164 Å². The van der Waals surface area contributed by atoms with Crippen LogP contribution in [-0.2, 0) is 6.42 Å². The maximum Gasteiger partial charge on any atom is 0.257 e. The van der Waals surface area contributed by atoms with E-state index in [0.717, 1.165) is 5.69 Å². The SMILES string of the molecule is CN(C)c1ccc(NC(=O)c2cncc(NCCc3ccccc3F)c2)cc1. The minimum Gasteiger partial charge on any atom is -0.383 e. The van der Waals surface area contributed by atoms with Crippen LogP contribution in [0.4, 0.5) is 21.5 Å². The van der Waals surface area contributed by atoms with Crippen LogP contribution >= 0.6 is 0 Å². The molecule has 0 atom stereocenters. The Hall–Kier alpha value is -3.41. The summed E-state index contributed by atoms with van der Waals surface area (Å²) in [7, 11) is 3.92. The maximum absolute atomic E-state index is 13.7. The Balaban J connectivity index is 1.59. The highest BCUT2D eigenvalue weighted by Gasteiger charge is 2.08. The van der Waals surface area contributed by atoms with Crippen LogP contribution in [0.1, 0.15) is 15.9 Å². The van der Waals surface area contributed by atoms with E-state index in [-0.39, 0.29) is 11.7 Å². The van der Waals surface area contributed by atoms with Crippen LogP contribution in [0.15, 0.2) is 67.0 Å². The number of hydrogen-bond acceptors (Lipinski definition) is 4. The number of carbonyl (C=O) groups excluding carboxylic acids is 1. The van der Waals surface area contributed by atoms with Gasteiger partial charge in [-0.1, -0.05) is 18.2 Å². The Bertz CT molecular complexity index is 941. The third kappa shape index (κ3) is 5.07. The van der Waals surface area contributed by atoms with Crippen molar-refractivity contribution in [2.75, 3.05) is 36.2 Å². The first-order valence-corrected chi connectivity index (χ1v) is 9.04. The van der Waals surface area contributed by atoms with Crippen molar-refractivity contribution in [1.82, 2.24) is 4.98 Å². The Kier molecular flexibility index (Phi) is 6.22. The van der Waals surface area contributed by atoms with Crippen molar-refractivity contribution in [2.24, 2.45) is 0 Å². The molecule has 0 fully saturated rings. The third-order valence-electron chi connectivity index (χ3n) is 4.32. The first-order valence-electron chi connectivity index (χ1n) is 9.04. The standard InChI is InChI=1S/C22H23FN4O/c1-27(2)20-9-7-18(8-10-20)26-22(28)17-13-19(15-24-14-17)25-12-11-16-5-3-4-6-21(16)23/h3-10,13-15,25H,11-12H2,1-2H3,(H,26,28). The monoisotopic (exact) mass is 378 g/mol. The zero-order valence-corrected chi connectivity index (χ0v) is 15.9. The summed E-state index contributed by atoms with van der Waals surface area (Å²) in [5, 5.41) is 6.05. The average molecular weight is 378 g/mol. The van der Waals surface area contributed by atoms with Gasteiger partial charge in [-0.3, -0.25) is 9.78 Å². The van der Waals surface area contributed by atoms with Gasteiger partial charge in [0.1, 0.15) is 5.82 Å². The number of hydrogen-bond donors (Lipinski definition) is 2. The number of amides is 1. The molecule has 2 N–H and O–H groups in total. The zero-order valence-electron chi connectivity index (χ0n) is 15.9. The van der Waals surface area contributed by atoms with E-state index in [1.807, 2.05) is 49.3 Å². The lowest BCUT2D eigenvalue weighted by atomic mass is 10.1. The van der Waals surface area contributed by atoms with Gasteiger partial charge in [-0.05, 0) is 48.4 Å². The third-order valence-corrected chi connectivity index (χ3v) is 4.32. The lowest BCUT2D eigenvalue weighted by molar-refractivity contribution is 0.102. The van der Waals surface area contributed by atoms with Crippen molar-refractivity contribution in [2.45, 2.75) is 6.42 Å². The minimum absolute atomic E-state index is 0.212. The van der Waals surface area contributed by atoms with Crippen LogP contribution in [0.3, 0.4) is 0 Å². The molecule has 0 bridgehead atoms. The summed E-state index contributed by atoms with van der Waals surface area (Å²) in [6, 6.07) is 16.0. The lowest BCUT2D eigenvalue weighted by Gasteiger charge is -2.13. The Morgan fingerprint density at radius 1 is 1.04 bits per heavy atom. The minimum atomic E-state index is -0.233. The van der Waals surface area contributed by atoms with Crippen LogP contribution in [-0.4, -0.2) is 31.5 Å². The van der Waals surface area contributed by atoms with Gasteiger partial charge < -0.3 is 15.5 Å². The number of rotatable bonds is 7. The summed E-state index contributed by atoms with van der Waals surface area (Å²) >= 11 is 0. The molecule has 0 radical (unpaired) electrons. The van der Waals surface area contributed by atoms with Crippen LogP contribution in [0, 0.1) is 5.82 Å². The summed E-state index contributed by atoms with van der Waals surface area (Å²) in [4.78, 5) is 18.6. The first kappa shape index (κ1) is 19.4. The van der Waals surface area contributed by atoms with Crippen molar-refractivity contribution in [1.29, 1.82) is 0 Å². The molecule has 0 aliphatic carbocycles. The van der Waals surface area contributed by atoms with E-state index in [0.29, 0.717) is 35.5 Å². The molecule has 0 aliphatic rings. The van der Waals surface area contributed by atoms with E-state index in [2.05, 4.69) is 15.6 Å². The first-order chi connectivity index (χ1) is 13.5. The van der Waals surface area contributed by atoms with Crippen LogP contribution in [0.25, 0.3) is 0 Å². The predicted molar refractivity (Wildman–Crippen MR) is 112 cm³/mol. The van der Waals surface area contributed by atoms with E-state index < -0.39 is 0 Å². The molecule has 0 aliphatic heterocycles. The number of anilines is 3. The number of benzene rings is 2. The molecule has 5 nitrogen and oxygen atoms in total. The quantitative estimate of drug-likeness (QED) is 0.647. The summed E-state index contributed by atoms with van der Waals surface area (Å²) in [5.74, 6) is -0.446. The topological polar surface area (TPSA) is 57.3 Å². The molecule has 0 saturated heterocycles. The van der Waals surface area contributed by atoms with Gasteiger partial charge in [-0.15, -0.1) is 0 Å². The van der Waals surface area contributed by atoms with E-state index in [4.69, 9.17) is 0 Å². The highest BCUT2D eigenvalue weighted by atomic mass is 19.1. The van der Waals surface area contributed by atoms with Crippen LogP contribution < -0.4 is 15.5 Å². The van der Waals surface area contributed by atoms with Gasteiger partial charge in [0.2, 0.25) is 0 Å². The largest absolute Gasteiger partial charge is 0.383 e. The lowest BCUT2D eigenvalue weighted by Crippen LogP contribution is -2.14. The van der Waals surface area contributed by atoms with Crippen LogP contribution in [0.5, 0.6) is 0 Å². The van der Waals surface area contributed by atoms with E-state index in [9.17, 15) is 9.18 Å². The molecule has 1 heterocycles. The van der Waals surface area contributed by atoms with Gasteiger partial charge in [0, 0.05) is 44.4 Å². The summed E-state index contributed by atoms with van der Waals surface area (Å²) < 4.78 is 13.7. The molecule has 1 amide bonds. The fourth-order valence-corrected chi connectivity index (χ4v) is 2.75. The molecule has 2 aromatic carbocycles. The van der Waals surface area contributed by atoms with Crippen molar-refractivity contribution in [3.63, 3.8) is 0 Å². The molecule has 144 valence electrons. The number of nitrogens with one attached hydrogen (secondary N) is 2. The number of halogens is 1. The van der Waals surface area contributed by atoms with Gasteiger partial charge in [-0.25, -0.2) is 4.39 Å². The van der Waals surface area contributed by atoms with Crippen molar-refractivity contribution in [3.05, 3.63) is 83.9 Å². The molecule has 3 rings (SSSR count). The summed E-state index contributed by atoms with van der Waals surface area (Å²) in [5.41, 5.74) is 3.59. The van der Waals surface area contributed by atoms with Gasteiger partial charge in [0.05, 0.1) is 11.3 Å². The second kappa shape index (κ2) is 8.99. The average Bonchev–Trinajstić information content (AvgIpc) is 2.70. The highest BCUT2D eigenvalue weighted by molar-refractivity contribution is 6.04. The van der Waals surface area contributed by atoms with Gasteiger partial charge in [-0.2, -0.15) is 0 Å². The van der Waals surface area contributed by atoms with Crippen molar-refractivity contribution >= 4 is 23.0 Å². The van der Waals surface area contributed by atoms with E-state index >= 15 is 0 Å². The second-order valence-corrected chi connectivity index (χ2v) is 6.63. The normalized spacial score (nSPS) is 10.4. The molecule has 1 aromatic heterocycles.